The molecule has 0 fully saturated rings. The van der Waals surface area contributed by atoms with Crippen molar-refractivity contribution in [2.45, 2.75) is 6.04 Å². The van der Waals surface area contributed by atoms with Crippen molar-refractivity contribution in [3.63, 3.8) is 0 Å². The van der Waals surface area contributed by atoms with Gasteiger partial charge < -0.3 is 19.5 Å². The van der Waals surface area contributed by atoms with Crippen LogP contribution in [0.15, 0.2) is 30.9 Å². The van der Waals surface area contributed by atoms with E-state index < -0.39 is 0 Å². The fourth-order valence-corrected chi connectivity index (χ4v) is 2.31. The molecule has 0 spiro atoms. The average molecular weight is 289 g/mol. The zero-order chi connectivity index (χ0) is 15.2. The lowest BCUT2D eigenvalue weighted by molar-refractivity contribution is 0.320. The van der Waals surface area contributed by atoms with Crippen molar-refractivity contribution in [1.29, 1.82) is 0 Å². The summed E-state index contributed by atoms with van der Waals surface area (Å²) in [7, 11) is 6.66. The molecule has 6 nitrogen and oxygen atoms in total. The molecule has 1 aromatic carbocycles. The summed E-state index contributed by atoms with van der Waals surface area (Å²) in [6, 6.07) is 3.68. The summed E-state index contributed by atoms with van der Waals surface area (Å²) in [4.78, 5) is 8.13. The molecule has 112 valence electrons. The third kappa shape index (κ3) is 2.90. The molecule has 0 saturated carbocycles. The third-order valence-electron chi connectivity index (χ3n) is 3.25. The first-order valence-electron chi connectivity index (χ1n) is 6.47. The molecule has 1 atom stereocenters. The maximum absolute atomic E-state index is 5.53. The number of nitrogens with zero attached hydrogens (tertiary/aromatic N) is 2. The second kappa shape index (κ2) is 6.90. The van der Waals surface area contributed by atoms with E-state index in [2.05, 4.69) is 15.3 Å². The lowest BCUT2D eigenvalue weighted by Gasteiger charge is -2.22. The largest absolute Gasteiger partial charge is 0.493 e. The van der Waals surface area contributed by atoms with Crippen LogP contribution < -0.4 is 19.5 Å². The zero-order valence-corrected chi connectivity index (χ0v) is 12.6. The highest BCUT2D eigenvalue weighted by molar-refractivity contribution is 5.57. The van der Waals surface area contributed by atoms with Crippen LogP contribution >= 0.6 is 0 Å². The van der Waals surface area contributed by atoms with Crippen molar-refractivity contribution in [2.24, 2.45) is 0 Å². The number of hydrogen-bond donors (Lipinski definition) is 1. The van der Waals surface area contributed by atoms with Crippen LogP contribution in [0.4, 0.5) is 0 Å². The lowest BCUT2D eigenvalue weighted by Crippen LogP contribution is -2.19. The molecule has 1 N–H and O–H groups in total. The summed E-state index contributed by atoms with van der Waals surface area (Å²) in [5.74, 6) is 1.81. The van der Waals surface area contributed by atoms with Crippen LogP contribution in [0.3, 0.4) is 0 Å². The normalized spacial score (nSPS) is 11.8. The van der Waals surface area contributed by atoms with Crippen molar-refractivity contribution < 1.29 is 14.2 Å². The molecule has 0 radical (unpaired) electrons. The molecule has 6 heteroatoms. The van der Waals surface area contributed by atoms with E-state index in [0.29, 0.717) is 17.2 Å². The van der Waals surface area contributed by atoms with E-state index in [9.17, 15) is 0 Å². The molecule has 0 aliphatic rings. The molecular weight excluding hydrogens is 270 g/mol. The van der Waals surface area contributed by atoms with E-state index in [-0.39, 0.29) is 6.04 Å². The number of ether oxygens (including phenoxy) is 3. The van der Waals surface area contributed by atoms with Gasteiger partial charge in [-0.3, -0.25) is 0 Å². The topological polar surface area (TPSA) is 65.5 Å². The van der Waals surface area contributed by atoms with E-state index in [1.54, 1.807) is 33.7 Å². The van der Waals surface area contributed by atoms with Gasteiger partial charge in [-0.2, -0.15) is 0 Å². The van der Waals surface area contributed by atoms with E-state index in [1.165, 1.54) is 6.33 Å². The predicted molar refractivity (Wildman–Crippen MR) is 79.0 cm³/mol. The van der Waals surface area contributed by atoms with E-state index in [4.69, 9.17) is 14.2 Å². The molecule has 0 aliphatic heterocycles. The van der Waals surface area contributed by atoms with Gasteiger partial charge in [-0.25, -0.2) is 9.97 Å². The molecule has 2 rings (SSSR count). The number of aromatic nitrogens is 2. The van der Waals surface area contributed by atoms with Gasteiger partial charge in [-0.1, -0.05) is 0 Å². The van der Waals surface area contributed by atoms with Crippen LogP contribution in [0.1, 0.15) is 17.2 Å². The van der Waals surface area contributed by atoms with Gasteiger partial charge in [-0.15, -0.1) is 0 Å². The van der Waals surface area contributed by atoms with Gasteiger partial charge in [0.25, 0.3) is 0 Å². The predicted octanol–water partition coefficient (Wildman–Crippen LogP) is 1.81. The number of benzene rings is 1. The molecule has 0 saturated heterocycles. The Hall–Kier alpha value is -2.34. The highest BCUT2D eigenvalue weighted by Gasteiger charge is 2.22. The van der Waals surface area contributed by atoms with Crippen molar-refractivity contribution >= 4 is 0 Å². The first kappa shape index (κ1) is 15.1. The molecule has 1 heterocycles. The molecule has 1 unspecified atom stereocenters. The number of nitrogens with one attached hydrogen (secondary N) is 1. The molecule has 0 amide bonds. The monoisotopic (exact) mass is 289 g/mol. The molecule has 0 bridgehead atoms. The minimum atomic E-state index is -0.110. The van der Waals surface area contributed by atoms with Gasteiger partial charge in [0, 0.05) is 23.5 Å². The first-order valence-corrected chi connectivity index (χ1v) is 6.47. The standard InChI is InChI=1S/C15H19N3O3/c1-16-13(10-7-17-9-18-8-10)11-5-6-12(19-2)15(21-4)14(11)20-3/h5-9,13,16H,1-4H3. The van der Waals surface area contributed by atoms with Gasteiger partial charge in [0.05, 0.1) is 27.4 Å². The lowest BCUT2D eigenvalue weighted by atomic mass is 9.99. The van der Waals surface area contributed by atoms with E-state index in [0.717, 1.165) is 11.1 Å². The molecule has 21 heavy (non-hydrogen) atoms. The average Bonchev–Trinajstić information content (AvgIpc) is 2.55. The number of hydrogen-bond acceptors (Lipinski definition) is 6. The van der Waals surface area contributed by atoms with Gasteiger partial charge >= 0.3 is 0 Å². The van der Waals surface area contributed by atoms with Crippen molar-refractivity contribution in [3.8, 4) is 17.2 Å². The maximum Gasteiger partial charge on any atom is 0.203 e. The van der Waals surface area contributed by atoms with Crippen molar-refractivity contribution in [3.05, 3.63) is 42.0 Å². The second-order valence-electron chi connectivity index (χ2n) is 4.32. The Morgan fingerprint density at radius 3 is 2.14 bits per heavy atom. The third-order valence-corrected chi connectivity index (χ3v) is 3.25. The van der Waals surface area contributed by atoms with Gasteiger partial charge in [0.1, 0.15) is 6.33 Å². The summed E-state index contributed by atoms with van der Waals surface area (Å²) >= 11 is 0. The smallest absolute Gasteiger partial charge is 0.203 e. The highest BCUT2D eigenvalue weighted by Crippen LogP contribution is 2.43. The Morgan fingerprint density at radius 2 is 1.62 bits per heavy atom. The minimum Gasteiger partial charge on any atom is -0.493 e. The summed E-state index contributed by atoms with van der Waals surface area (Å²) < 4.78 is 16.3. The summed E-state index contributed by atoms with van der Waals surface area (Å²) in [6.07, 6.45) is 5.04. The molecule has 1 aromatic heterocycles. The summed E-state index contributed by atoms with van der Waals surface area (Å²) in [5.41, 5.74) is 1.86. The molecule has 0 aliphatic carbocycles. The van der Waals surface area contributed by atoms with Gasteiger partial charge in [0.15, 0.2) is 11.5 Å². The van der Waals surface area contributed by atoms with Gasteiger partial charge in [-0.05, 0) is 19.2 Å². The fourth-order valence-electron chi connectivity index (χ4n) is 2.31. The minimum absolute atomic E-state index is 0.110. The quantitative estimate of drug-likeness (QED) is 0.875. The fraction of sp³-hybridized carbons (Fsp3) is 0.333. The number of methoxy groups -OCH3 is 3. The maximum atomic E-state index is 5.53. The van der Waals surface area contributed by atoms with E-state index >= 15 is 0 Å². The number of rotatable bonds is 6. The zero-order valence-electron chi connectivity index (χ0n) is 12.6. The Balaban J connectivity index is 2.56. The van der Waals surface area contributed by atoms with Crippen molar-refractivity contribution in [1.82, 2.24) is 15.3 Å². The first-order chi connectivity index (χ1) is 10.3. The van der Waals surface area contributed by atoms with Crippen molar-refractivity contribution in [2.75, 3.05) is 28.4 Å². The van der Waals surface area contributed by atoms with Gasteiger partial charge in [0.2, 0.25) is 5.75 Å². The van der Waals surface area contributed by atoms with Crippen LogP contribution in [-0.2, 0) is 0 Å². The SMILES string of the molecule is CNC(c1cncnc1)c1ccc(OC)c(OC)c1OC. The molecular formula is C15H19N3O3. The Labute approximate surface area is 124 Å². The van der Waals surface area contributed by atoms with Crippen LogP contribution in [-0.4, -0.2) is 38.3 Å². The van der Waals surface area contributed by atoms with Crippen LogP contribution in [0.5, 0.6) is 17.2 Å². The highest BCUT2D eigenvalue weighted by atomic mass is 16.5. The summed E-state index contributed by atoms with van der Waals surface area (Å²) in [5, 5.41) is 3.24. The van der Waals surface area contributed by atoms with E-state index in [1.807, 2.05) is 19.2 Å². The van der Waals surface area contributed by atoms with Crippen LogP contribution in [0.2, 0.25) is 0 Å². The Morgan fingerprint density at radius 1 is 0.952 bits per heavy atom. The van der Waals surface area contributed by atoms with Crippen LogP contribution in [0.25, 0.3) is 0 Å². The molecule has 2 aromatic rings. The Bertz CT molecular complexity index is 590. The van der Waals surface area contributed by atoms with Crippen LogP contribution in [0, 0.1) is 0 Å². The Kier molecular flexibility index (Phi) is 4.94. The summed E-state index contributed by atoms with van der Waals surface area (Å²) in [6.45, 7) is 0. The second-order valence-corrected chi connectivity index (χ2v) is 4.32.